The average Bonchev–Trinajstić information content (AvgIpc) is 2.53. The molecule has 1 unspecified atom stereocenters. The normalized spacial score (nSPS) is 18.2. The van der Waals surface area contributed by atoms with Gasteiger partial charge in [0, 0.05) is 18.7 Å². The molecular weight excluding hydrogens is 256 g/mol. The second-order valence-corrected chi connectivity index (χ2v) is 4.80. The molecule has 1 aromatic rings. The van der Waals surface area contributed by atoms with Crippen LogP contribution in [-0.2, 0) is 9.53 Å². The highest BCUT2D eigenvalue weighted by atomic mass is 16.5. The highest BCUT2D eigenvalue weighted by molar-refractivity contribution is 5.94. The fourth-order valence-corrected chi connectivity index (χ4v) is 2.39. The molecule has 1 fully saturated rings. The van der Waals surface area contributed by atoms with E-state index < -0.39 is 0 Å². The van der Waals surface area contributed by atoms with Crippen LogP contribution in [0.25, 0.3) is 0 Å². The van der Waals surface area contributed by atoms with Crippen LogP contribution in [-0.4, -0.2) is 37.0 Å². The van der Waals surface area contributed by atoms with Crippen molar-refractivity contribution in [2.75, 3.05) is 20.2 Å². The molecule has 0 N–H and O–H groups in total. The van der Waals surface area contributed by atoms with E-state index in [9.17, 15) is 9.59 Å². The number of carbonyl (C=O) groups excluding carboxylic acids is 2. The summed E-state index contributed by atoms with van der Waals surface area (Å²) in [4.78, 5) is 25.6. The Balaban J connectivity index is 2.08. The van der Waals surface area contributed by atoms with Crippen molar-refractivity contribution < 1.29 is 14.3 Å². The number of hydrogen-bond donors (Lipinski definition) is 0. The Morgan fingerprint density at radius 1 is 1.35 bits per heavy atom. The summed E-state index contributed by atoms with van der Waals surface area (Å²) in [6, 6.07) is 8.54. The van der Waals surface area contributed by atoms with E-state index in [0.717, 1.165) is 12.8 Å². The number of hydrogen-bond acceptors (Lipinski definition) is 4. The standard InChI is InChI=1S/C15H16N2O3/c1-20-15(19)13-3-2-8-17(10-13)14(18)12-6-4-11(9-16)5-7-12/h4-7,13H,2-3,8,10H2,1H3. The molecule has 0 radical (unpaired) electrons. The van der Waals surface area contributed by atoms with Crippen LogP contribution in [0, 0.1) is 17.2 Å². The minimum Gasteiger partial charge on any atom is -0.469 e. The van der Waals surface area contributed by atoms with E-state index in [1.807, 2.05) is 6.07 Å². The molecule has 0 spiro atoms. The van der Waals surface area contributed by atoms with Gasteiger partial charge in [-0.1, -0.05) is 0 Å². The minimum atomic E-state index is -0.262. The lowest BCUT2D eigenvalue weighted by Crippen LogP contribution is -2.42. The second kappa shape index (κ2) is 6.20. The van der Waals surface area contributed by atoms with Crippen molar-refractivity contribution in [2.24, 2.45) is 5.92 Å². The summed E-state index contributed by atoms with van der Waals surface area (Å²) < 4.78 is 4.74. The number of nitrogens with zero attached hydrogens (tertiary/aromatic N) is 2. The fraction of sp³-hybridized carbons (Fsp3) is 0.400. The van der Waals surface area contributed by atoms with Gasteiger partial charge in [0.05, 0.1) is 24.7 Å². The molecule has 1 aromatic carbocycles. The third kappa shape index (κ3) is 2.97. The Morgan fingerprint density at radius 3 is 2.65 bits per heavy atom. The Bertz CT molecular complexity index is 545. The number of carbonyl (C=O) groups is 2. The Labute approximate surface area is 117 Å². The molecule has 1 amide bonds. The third-order valence-electron chi connectivity index (χ3n) is 3.50. The van der Waals surface area contributed by atoms with Crippen molar-refractivity contribution in [1.82, 2.24) is 4.90 Å². The molecule has 1 aliphatic heterocycles. The second-order valence-electron chi connectivity index (χ2n) is 4.80. The van der Waals surface area contributed by atoms with Gasteiger partial charge in [-0.2, -0.15) is 5.26 Å². The summed E-state index contributed by atoms with van der Waals surface area (Å²) in [5, 5.41) is 8.74. The first-order valence-electron chi connectivity index (χ1n) is 6.53. The maximum absolute atomic E-state index is 12.3. The van der Waals surface area contributed by atoms with Gasteiger partial charge in [0.15, 0.2) is 0 Å². The van der Waals surface area contributed by atoms with Gasteiger partial charge in [-0.15, -0.1) is 0 Å². The lowest BCUT2D eigenvalue weighted by atomic mass is 9.97. The average molecular weight is 272 g/mol. The number of esters is 1. The predicted molar refractivity (Wildman–Crippen MR) is 71.8 cm³/mol. The van der Waals surface area contributed by atoms with Gasteiger partial charge < -0.3 is 9.64 Å². The number of amides is 1. The van der Waals surface area contributed by atoms with Crippen LogP contribution in [0.15, 0.2) is 24.3 Å². The van der Waals surface area contributed by atoms with Crippen molar-refractivity contribution >= 4 is 11.9 Å². The van der Waals surface area contributed by atoms with Crippen molar-refractivity contribution in [3.8, 4) is 6.07 Å². The van der Waals surface area contributed by atoms with E-state index in [-0.39, 0.29) is 17.8 Å². The first-order valence-corrected chi connectivity index (χ1v) is 6.53. The number of benzene rings is 1. The lowest BCUT2D eigenvalue weighted by Gasteiger charge is -2.31. The van der Waals surface area contributed by atoms with Crippen LogP contribution in [0.5, 0.6) is 0 Å². The quantitative estimate of drug-likeness (QED) is 0.766. The molecule has 0 saturated carbocycles. The van der Waals surface area contributed by atoms with Gasteiger partial charge in [0.25, 0.3) is 5.91 Å². The zero-order valence-corrected chi connectivity index (χ0v) is 11.3. The number of methoxy groups -OCH3 is 1. The van der Waals surface area contributed by atoms with Crippen molar-refractivity contribution in [3.63, 3.8) is 0 Å². The molecule has 5 heteroatoms. The van der Waals surface area contributed by atoms with Crippen LogP contribution >= 0.6 is 0 Å². The summed E-state index contributed by atoms with van der Waals surface area (Å²) in [5.41, 5.74) is 1.06. The molecule has 20 heavy (non-hydrogen) atoms. The molecule has 2 rings (SSSR count). The zero-order valence-electron chi connectivity index (χ0n) is 11.3. The summed E-state index contributed by atoms with van der Waals surface area (Å²) in [6.45, 7) is 1.04. The number of rotatable bonds is 2. The zero-order chi connectivity index (χ0) is 14.5. The van der Waals surface area contributed by atoms with Crippen LogP contribution < -0.4 is 0 Å². The molecule has 0 bridgehead atoms. The summed E-state index contributed by atoms with van der Waals surface area (Å²) in [6.07, 6.45) is 1.55. The first kappa shape index (κ1) is 14.1. The van der Waals surface area contributed by atoms with Crippen LogP contribution in [0.2, 0.25) is 0 Å². The van der Waals surface area contributed by atoms with Gasteiger partial charge in [-0.25, -0.2) is 0 Å². The minimum absolute atomic E-state index is 0.108. The SMILES string of the molecule is COC(=O)C1CCCN(C(=O)c2ccc(C#N)cc2)C1. The molecule has 1 heterocycles. The first-order chi connectivity index (χ1) is 9.65. The van der Waals surface area contributed by atoms with E-state index in [0.29, 0.717) is 24.2 Å². The molecule has 104 valence electrons. The molecule has 0 aliphatic carbocycles. The molecule has 0 aromatic heterocycles. The largest absolute Gasteiger partial charge is 0.469 e. The molecule has 5 nitrogen and oxygen atoms in total. The van der Waals surface area contributed by atoms with Gasteiger partial charge in [0.2, 0.25) is 0 Å². The highest BCUT2D eigenvalue weighted by Crippen LogP contribution is 2.19. The summed E-state index contributed by atoms with van der Waals surface area (Å²) in [5.74, 6) is -0.610. The monoisotopic (exact) mass is 272 g/mol. The van der Waals surface area contributed by atoms with Gasteiger partial charge >= 0.3 is 5.97 Å². The number of likely N-dealkylation sites (tertiary alicyclic amines) is 1. The van der Waals surface area contributed by atoms with Gasteiger partial charge in [-0.3, -0.25) is 9.59 Å². The van der Waals surface area contributed by atoms with E-state index in [1.54, 1.807) is 29.2 Å². The topological polar surface area (TPSA) is 70.4 Å². The summed E-state index contributed by atoms with van der Waals surface area (Å²) >= 11 is 0. The maximum atomic E-state index is 12.3. The summed E-state index contributed by atoms with van der Waals surface area (Å²) in [7, 11) is 1.36. The predicted octanol–water partition coefficient (Wildman–Crippen LogP) is 1.58. The van der Waals surface area contributed by atoms with Gasteiger partial charge in [-0.05, 0) is 37.1 Å². The third-order valence-corrected chi connectivity index (χ3v) is 3.50. The van der Waals surface area contributed by atoms with E-state index in [4.69, 9.17) is 10.00 Å². The number of nitriles is 1. The Hall–Kier alpha value is -2.35. The van der Waals surface area contributed by atoms with Crippen LogP contribution in [0.3, 0.4) is 0 Å². The van der Waals surface area contributed by atoms with Crippen molar-refractivity contribution in [2.45, 2.75) is 12.8 Å². The molecule has 1 saturated heterocycles. The maximum Gasteiger partial charge on any atom is 0.310 e. The number of ether oxygens (including phenoxy) is 1. The molecule has 1 aliphatic rings. The van der Waals surface area contributed by atoms with Crippen molar-refractivity contribution in [3.05, 3.63) is 35.4 Å². The Morgan fingerprint density at radius 2 is 2.05 bits per heavy atom. The van der Waals surface area contributed by atoms with Crippen LogP contribution in [0.1, 0.15) is 28.8 Å². The van der Waals surface area contributed by atoms with E-state index in [2.05, 4.69) is 0 Å². The van der Waals surface area contributed by atoms with Crippen LogP contribution in [0.4, 0.5) is 0 Å². The molecule has 1 atom stereocenters. The number of piperidine rings is 1. The van der Waals surface area contributed by atoms with Crippen molar-refractivity contribution in [1.29, 1.82) is 5.26 Å². The highest BCUT2D eigenvalue weighted by Gasteiger charge is 2.29. The lowest BCUT2D eigenvalue weighted by molar-refractivity contribution is -0.146. The Kier molecular flexibility index (Phi) is 4.36. The fourth-order valence-electron chi connectivity index (χ4n) is 2.39. The van der Waals surface area contributed by atoms with E-state index in [1.165, 1.54) is 7.11 Å². The molecular formula is C15H16N2O3. The van der Waals surface area contributed by atoms with E-state index >= 15 is 0 Å². The smallest absolute Gasteiger partial charge is 0.310 e. The van der Waals surface area contributed by atoms with Gasteiger partial charge in [0.1, 0.15) is 0 Å².